The van der Waals surface area contributed by atoms with Crippen molar-refractivity contribution in [2.24, 2.45) is 0 Å². The average molecular weight is 282 g/mol. The minimum Gasteiger partial charge on any atom is -0.484 e. The van der Waals surface area contributed by atoms with E-state index in [2.05, 4.69) is 0 Å². The normalized spacial score (nSPS) is 18.1. The van der Waals surface area contributed by atoms with Crippen LogP contribution < -0.4 is 10.5 Å². The van der Waals surface area contributed by atoms with Crippen molar-refractivity contribution in [2.75, 3.05) is 25.6 Å². The Bertz CT molecular complexity index is 486. The molecule has 1 aliphatic heterocycles. The first kappa shape index (κ1) is 14.5. The molecule has 1 aromatic carbocycles. The number of ether oxygens (including phenoxy) is 2. The number of hydrogen-bond donors (Lipinski definition) is 2. The van der Waals surface area contributed by atoms with Crippen molar-refractivity contribution in [1.82, 2.24) is 0 Å². The van der Waals surface area contributed by atoms with Gasteiger partial charge in [0.2, 0.25) is 0 Å². The zero-order chi connectivity index (χ0) is 14.5. The van der Waals surface area contributed by atoms with Crippen molar-refractivity contribution in [1.29, 1.82) is 0 Å². The highest BCUT2D eigenvalue weighted by Gasteiger charge is 2.24. The number of nitrogens with zero attached hydrogens (tertiary/aromatic N) is 1. The van der Waals surface area contributed by atoms with Crippen molar-refractivity contribution < 1.29 is 19.5 Å². The second-order valence-electron chi connectivity index (χ2n) is 4.66. The van der Waals surface area contributed by atoms with Gasteiger partial charge in [0.15, 0.2) is 5.75 Å². The number of nitrogen functional groups attached to an aromatic ring is 1. The van der Waals surface area contributed by atoms with Gasteiger partial charge >= 0.3 is 5.69 Å². The lowest BCUT2D eigenvalue weighted by atomic mass is 10.1. The first-order chi connectivity index (χ1) is 9.63. The monoisotopic (exact) mass is 282 g/mol. The third-order valence-electron chi connectivity index (χ3n) is 3.28. The summed E-state index contributed by atoms with van der Waals surface area (Å²) < 4.78 is 10.9. The molecule has 0 saturated carbocycles. The van der Waals surface area contributed by atoms with E-state index in [1.807, 2.05) is 0 Å². The van der Waals surface area contributed by atoms with Gasteiger partial charge in [-0.1, -0.05) is 6.07 Å². The van der Waals surface area contributed by atoms with Crippen LogP contribution in [0.2, 0.25) is 0 Å². The second-order valence-corrected chi connectivity index (χ2v) is 4.66. The van der Waals surface area contributed by atoms with Crippen LogP contribution >= 0.6 is 0 Å². The van der Waals surface area contributed by atoms with E-state index in [9.17, 15) is 10.1 Å². The van der Waals surface area contributed by atoms with Crippen molar-refractivity contribution in [2.45, 2.75) is 25.4 Å². The number of nitrogens with two attached hydrogens (primary N) is 1. The van der Waals surface area contributed by atoms with E-state index >= 15 is 0 Å². The zero-order valence-corrected chi connectivity index (χ0v) is 11.1. The molecule has 110 valence electrons. The zero-order valence-electron chi connectivity index (χ0n) is 11.1. The number of anilines is 1. The summed E-state index contributed by atoms with van der Waals surface area (Å²) >= 11 is 0. The molecule has 1 atom stereocenters. The van der Waals surface area contributed by atoms with Crippen LogP contribution in [0.3, 0.4) is 0 Å². The first-order valence-electron chi connectivity index (χ1n) is 6.54. The van der Waals surface area contributed by atoms with E-state index in [4.69, 9.17) is 20.3 Å². The van der Waals surface area contributed by atoms with Gasteiger partial charge in [0.05, 0.1) is 11.0 Å². The molecule has 7 nitrogen and oxygen atoms in total. The quantitative estimate of drug-likeness (QED) is 0.462. The Labute approximate surface area is 116 Å². The minimum absolute atomic E-state index is 0.0204. The number of nitro benzene ring substituents is 1. The Morgan fingerprint density at radius 2 is 2.35 bits per heavy atom. The number of nitro groups is 1. The third-order valence-corrected chi connectivity index (χ3v) is 3.28. The number of hydrogen-bond acceptors (Lipinski definition) is 6. The van der Waals surface area contributed by atoms with Crippen molar-refractivity contribution >= 4 is 11.4 Å². The molecule has 2 rings (SSSR count). The van der Waals surface area contributed by atoms with Crippen LogP contribution in [0.1, 0.15) is 18.4 Å². The standard InChI is InChI=1S/C13H18N2O5/c14-12-9(5-6-16)3-4-11(13(12)15(17)18)20-8-10-2-1-7-19-10/h3-4,10,16H,1-2,5-8,14H2. The van der Waals surface area contributed by atoms with E-state index in [1.165, 1.54) is 6.07 Å². The Morgan fingerprint density at radius 3 is 2.95 bits per heavy atom. The summed E-state index contributed by atoms with van der Waals surface area (Å²) in [5, 5.41) is 20.1. The van der Waals surface area contributed by atoms with Crippen LogP contribution in [0.25, 0.3) is 0 Å². The van der Waals surface area contributed by atoms with Gasteiger partial charge < -0.3 is 20.3 Å². The Morgan fingerprint density at radius 1 is 1.55 bits per heavy atom. The third kappa shape index (κ3) is 3.17. The molecular formula is C13H18N2O5. The van der Waals surface area contributed by atoms with Crippen LogP contribution in [0.15, 0.2) is 12.1 Å². The largest absolute Gasteiger partial charge is 0.484 e. The highest BCUT2D eigenvalue weighted by Crippen LogP contribution is 2.36. The van der Waals surface area contributed by atoms with Crippen LogP contribution in [-0.2, 0) is 11.2 Å². The Balaban J connectivity index is 2.18. The highest BCUT2D eigenvalue weighted by atomic mass is 16.6. The van der Waals surface area contributed by atoms with Gasteiger partial charge in [-0.15, -0.1) is 0 Å². The topological polar surface area (TPSA) is 108 Å². The predicted octanol–water partition coefficient (Wildman–Crippen LogP) is 1.27. The second kappa shape index (κ2) is 6.53. The lowest BCUT2D eigenvalue weighted by Gasteiger charge is -2.13. The van der Waals surface area contributed by atoms with Crippen LogP contribution in [-0.4, -0.2) is 36.0 Å². The molecule has 1 aromatic rings. The van der Waals surface area contributed by atoms with Gasteiger partial charge in [-0.3, -0.25) is 10.1 Å². The average Bonchev–Trinajstić information content (AvgIpc) is 2.92. The van der Waals surface area contributed by atoms with Crippen molar-refractivity contribution in [3.63, 3.8) is 0 Å². The van der Waals surface area contributed by atoms with Gasteiger partial charge in [0.25, 0.3) is 0 Å². The van der Waals surface area contributed by atoms with E-state index in [1.54, 1.807) is 6.07 Å². The van der Waals surface area contributed by atoms with Crippen LogP contribution in [0, 0.1) is 10.1 Å². The predicted molar refractivity (Wildman–Crippen MR) is 72.8 cm³/mol. The van der Waals surface area contributed by atoms with E-state index in [0.29, 0.717) is 12.2 Å². The molecule has 7 heteroatoms. The highest BCUT2D eigenvalue weighted by molar-refractivity contribution is 5.70. The maximum absolute atomic E-state index is 11.1. The van der Waals surface area contributed by atoms with Crippen LogP contribution in [0.4, 0.5) is 11.4 Å². The van der Waals surface area contributed by atoms with Gasteiger partial charge in [0.1, 0.15) is 12.3 Å². The fourth-order valence-corrected chi connectivity index (χ4v) is 2.23. The smallest absolute Gasteiger partial charge is 0.333 e. The van der Waals surface area contributed by atoms with Gasteiger partial charge in [0, 0.05) is 13.2 Å². The molecule has 0 aromatic heterocycles. The molecule has 1 aliphatic rings. The number of rotatable bonds is 6. The molecule has 3 N–H and O–H groups in total. The van der Waals surface area contributed by atoms with Gasteiger partial charge in [-0.25, -0.2) is 0 Å². The van der Waals surface area contributed by atoms with Crippen LogP contribution in [0.5, 0.6) is 5.75 Å². The van der Waals surface area contributed by atoms with E-state index in [0.717, 1.165) is 12.8 Å². The number of benzene rings is 1. The summed E-state index contributed by atoms with van der Waals surface area (Å²) in [6.45, 7) is 0.866. The van der Waals surface area contributed by atoms with Crippen molar-refractivity contribution in [3.05, 3.63) is 27.8 Å². The fraction of sp³-hybridized carbons (Fsp3) is 0.538. The minimum atomic E-state index is -0.555. The molecule has 0 radical (unpaired) electrons. The van der Waals surface area contributed by atoms with E-state index in [-0.39, 0.29) is 42.9 Å². The molecule has 1 heterocycles. The molecule has 0 aliphatic carbocycles. The molecule has 1 fully saturated rings. The fourth-order valence-electron chi connectivity index (χ4n) is 2.23. The number of aliphatic hydroxyl groups excluding tert-OH is 1. The molecule has 0 bridgehead atoms. The maximum Gasteiger partial charge on any atom is 0.333 e. The summed E-state index contributed by atoms with van der Waals surface area (Å²) in [5.74, 6) is 0.143. The number of aliphatic hydroxyl groups is 1. The summed E-state index contributed by atoms with van der Waals surface area (Å²) in [7, 11) is 0. The van der Waals surface area contributed by atoms with E-state index < -0.39 is 4.92 Å². The van der Waals surface area contributed by atoms with Gasteiger partial charge in [-0.05, 0) is 30.9 Å². The summed E-state index contributed by atoms with van der Waals surface area (Å²) in [5.41, 5.74) is 6.14. The first-order valence-corrected chi connectivity index (χ1v) is 6.54. The lowest BCUT2D eigenvalue weighted by molar-refractivity contribution is -0.385. The summed E-state index contributed by atoms with van der Waals surface area (Å²) in [6, 6.07) is 3.16. The van der Waals surface area contributed by atoms with Gasteiger partial charge in [-0.2, -0.15) is 0 Å². The van der Waals surface area contributed by atoms with Crippen molar-refractivity contribution in [3.8, 4) is 5.75 Å². The molecule has 1 saturated heterocycles. The molecular weight excluding hydrogens is 264 g/mol. The SMILES string of the molecule is Nc1c(CCO)ccc(OCC2CCCO2)c1[N+](=O)[O-]. The molecule has 0 amide bonds. The summed E-state index contributed by atoms with van der Waals surface area (Å²) in [6.07, 6.45) is 2.13. The maximum atomic E-state index is 11.1. The lowest BCUT2D eigenvalue weighted by Crippen LogP contribution is -2.17. The molecule has 20 heavy (non-hydrogen) atoms. The summed E-state index contributed by atoms with van der Waals surface area (Å²) in [4.78, 5) is 10.6. The molecule has 0 spiro atoms. The Hall–Kier alpha value is -1.86. The Kier molecular flexibility index (Phi) is 4.75. The molecule has 1 unspecified atom stereocenters.